The zero-order chi connectivity index (χ0) is 13.7. The maximum atomic E-state index is 5.83. The standard InChI is InChI=1S/C15H16O4/c1-16-11-8-9-13(18-3)15(10-11)19-14-7-5-4-6-12(14)17-2/h4-10H,1-3H3. The molecule has 0 saturated heterocycles. The number of para-hydroxylation sites is 2. The third-order valence-electron chi connectivity index (χ3n) is 2.66. The highest BCUT2D eigenvalue weighted by molar-refractivity contribution is 5.50. The van der Waals surface area contributed by atoms with Crippen molar-refractivity contribution in [2.45, 2.75) is 0 Å². The molecule has 2 rings (SSSR count). The number of benzene rings is 2. The van der Waals surface area contributed by atoms with E-state index in [-0.39, 0.29) is 0 Å². The molecule has 0 N–H and O–H groups in total. The second kappa shape index (κ2) is 6.00. The van der Waals surface area contributed by atoms with Gasteiger partial charge in [-0.05, 0) is 24.3 Å². The van der Waals surface area contributed by atoms with Gasteiger partial charge in [-0.1, -0.05) is 12.1 Å². The predicted molar refractivity (Wildman–Crippen MR) is 72.6 cm³/mol. The normalized spacial score (nSPS) is 9.84. The second-order valence-corrected chi connectivity index (χ2v) is 3.77. The van der Waals surface area contributed by atoms with E-state index in [0.717, 1.165) is 0 Å². The molecule has 0 saturated carbocycles. The number of ether oxygens (including phenoxy) is 4. The van der Waals surface area contributed by atoms with Gasteiger partial charge in [0, 0.05) is 6.07 Å². The molecule has 0 bridgehead atoms. The van der Waals surface area contributed by atoms with Crippen molar-refractivity contribution in [3.63, 3.8) is 0 Å². The predicted octanol–water partition coefficient (Wildman–Crippen LogP) is 3.50. The van der Waals surface area contributed by atoms with Gasteiger partial charge in [-0.25, -0.2) is 0 Å². The highest BCUT2D eigenvalue weighted by atomic mass is 16.5. The number of hydrogen-bond acceptors (Lipinski definition) is 4. The molecule has 0 atom stereocenters. The molecule has 4 nitrogen and oxygen atoms in total. The first-order valence-electron chi connectivity index (χ1n) is 5.81. The van der Waals surface area contributed by atoms with Crippen molar-refractivity contribution in [1.29, 1.82) is 0 Å². The minimum atomic E-state index is 0.575. The smallest absolute Gasteiger partial charge is 0.173 e. The average molecular weight is 260 g/mol. The van der Waals surface area contributed by atoms with Gasteiger partial charge < -0.3 is 18.9 Å². The summed E-state index contributed by atoms with van der Waals surface area (Å²) in [5, 5.41) is 0. The summed E-state index contributed by atoms with van der Waals surface area (Å²) in [6.45, 7) is 0. The molecule has 2 aromatic rings. The fourth-order valence-corrected chi connectivity index (χ4v) is 1.69. The van der Waals surface area contributed by atoms with Crippen molar-refractivity contribution in [1.82, 2.24) is 0 Å². The van der Waals surface area contributed by atoms with Crippen molar-refractivity contribution in [3.05, 3.63) is 42.5 Å². The first-order valence-corrected chi connectivity index (χ1v) is 5.81. The summed E-state index contributed by atoms with van der Waals surface area (Å²) in [6, 6.07) is 12.8. The van der Waals surface area contributed by atoms with Gasteiger partial charge >= 0.3 is 0 Å². The van der Waals surface area contributed by atoms with Crippen LogP contribution in [-0.4, -0.2) is 21.3 Å². The summed E-state index contributed by atoms with van der Waals surface area (Å²) in [5.41, 5.74) is 0. The van der Waals surface area contributed by atoms with Gasteiger partial charge in [-0.2, -0.15) is 0 Å². The van der Waals surface area contributed by atoms with Gasteiger partial charge in [0.25, 0.3) is 0 Å². The summed E-state index contributed by atoms with van der Waals surface area (Å²) in [7, 11) is 4.80. The van der Waals surface area contributed by atoms with Crippen LogP contribution in [0.25, 0.3) is 0 Å². The Morgan fingerprint density at radius 3 is 1.89 bits per heavy atom. The largest absolute Gasteiger partial charge is 0.497 e. The first kappa shape index (κ1) is 13.1. The molecule has 0 radical (unpaired) electrons. The van der Waals surface area contributed by atoms with E-state index in [1.807, 2.05) is 30.3 Å². The van der Waals surface area contributed by atoms with Crippen molar-refractivity contribution in [3.8, 4) is 28.7 Å². The summed E-state index contributed by atoms with van der Waals surface area (Å²) < 4.78 is 21.5. The second-order valence-electron chi connectivity index (χ2n) is 3.77. The van der Waals surface area contributed by atoms with E-state index in [1.54, 1.807) is 33.5 Å². The van der Waals surface area contributed by atoms with Gasteiger partial charge in [0.1, 0.15) is 5.75 Å². The summed E-state index contributed by atoms with van der Waals surface area (Å²) in [6.07, 6.45) is 0. The van der Waals surface area contributed by atoms with Gasteiger partial charge in [0.15, 0.2) is 23.0 Å². The van der Waals surface area contributed by atoms with Gasteiger partial charge in [0.2, 0.25) is 0 Å². The molecular formula is C15H16O4. The van der Waals surface area contributed by atoms with Crippen LogP contribution < -0.4 is 18.9 Å². The monoisotopic (exact) mass is 260 g/mol. The fraction of sp³-hybridized carbons (Fsp3) is 0.200. The Morgan fingerprint density at radius 2 is 1.26 bits per heavy atom. The summed E-state index contributed by atoms with van der Waals surface area (Å²) in [5.74, 6) is 3.19. The van der Waals surface area contributed by atoms with E-state index < -0.39 is 0 Å². The van der Waals surface area contributed by atoms with Crippen LogP contribution in [0.2, 0.25) is 0 Å². The molecule has 0 unspecified atom stereocenters. The zero-order valence-electron chi connectivity index (χ0n) is 11.2. The number of methoxy groups -OCH3 is 3. The van der Waals surface area contributed by atoms with Crippen molar-refractivity contribution >= 4 is 0 Å². The molecular weight excluding hydrogens is 244 g/mol. The molecule has 0 aliphatic carbocycles. The number of rotatable bonds is 5. The van der Waals surface area contributed by atoms with Crippen molar-refractivity contribution in [2.75, 3.05) is 21.3 Å². The molecule has 0 heterocycles. The van der Waals surface area contributed by atoms with Crippen LogP contribution in [0.1, 0.15) is 0 Å². The lowest BCUT2D eigenvalue weighted by Crippen LogP contribution is -1.94. The minimum Gasteiger partial charge on any atom is -0.497 e. The Kier molecular flexibility index (Phi) is 4.13. The van der Waals surface area contributed by atoms with E-state index in [2.05, 4.69) is 0 Å². The minimum absolute atomic E-state index is 0.575. The topological polar surface area (TPSA) is 36.9 Å². The molecule has 19 heavy (non-hydrogen) atoms. The third kappa shape index (κ3) is 2.91. The van der Waals surface area contributed by atoms with Crippen LogP contribution in [0.4, 0.5) is 0 Å². The third-order valence-corrected chi connectivity index (χ3v) is 2.66. The van der Waals surface area contributed by atoms with Crippen LogP contribution in [-0.2, 0) is 0 Å². The van der Waals surface area contributed by atoms with Crippen LogP contribution in [0.3, 0.4) is 0 Å². The average Bonchev–Trinajstić information content (AvgIpc) is 2.47. The van der Waals surface area contributed by atoms with E-state index in [9.17, 15) is 0 Å². The van der Waals surface area contributed by atoms with E-state index in [4.69, 9.17) is 18.9 Å². The molecule has 4 heteroatoms. The summed E-state index contributed by atoms with van der Waals surface area (Å²) >= 11 is 0. The highest BCUT2D eigenvalue weighted by Gasteiger charge is 2.10. The van der Waals surface area contributed by atoms with Gasteiger partial charge in [-0.3, -0.25) is 0 Å². The maximum absolute atomic E-state index is 5.83. The Balaban J connectivity index is 2.36. The molecule has 0 amide bonds. The Labute approximate surface area is 112 Å². The molecule has 0 aliphatic rings. The molecule has 100 valence electrons. The Hall–Kier alpha value is -2.36. The highest BCUT2D eigenvalue weighted by Crippen LogP contribution is 2.38. The van der Waals surface area contributed by atoms with Crippen LogP contribution in [0, 0.1) is 0 Å². The lowest BCUT2D eigenvalue weighted by molar-refractivity contribution is 0.352. The van der Waals surface area contributed by atoms with Gasteiger partial charge in [-0.15, -0.1) is 0 Å². The Morgan fingerprint density at radius 1 is 0.632 bits per heavy atom. The van der Waals surface area contributed by atoms with Gasteiger partial charge in [0.05, 0.1) is 21.3 Å². The molecule has 2 aromatic carbocycles. The zero-order valence-corrected chi connectivity index (χ0v) is 11.2. The van der Waals surface area contributed by atoms with E-state index in [0.29, 0.717) is 28.7 Å². The molecule has 0 spiro atoms. The lowest BCUT2D eigenvalue weighted by Gasteiger charge is -2.13. The van der Waals surface area contributed by atoms with E-state index >= 15 is 0 Å². The van der Waals surface area contributed by atoms with Crippen molar-refractivity contribution < 1.29 is 18.9 Å². The molecule has 0 fully saturated rings. The van der Waals surface area contributed by atoms with Crippen LogP contribution in [0.5, 0.6) is 28.7 Å². The summed E-state index contributed by atoms with van der Waals surface area (Å²) in [4.78, 5) is 0. The first-order chi connectivity index (χ1) is 9.28. The Bertz CT molecular complexity index is 552. The maximum Gasteiger partial charge on any atom is 0.173 e. The molecule has 0 aliphatic heterocycles. The fourth-order valence-electron chi connectivity index (χ4n) is 1.69. The van der Waals surface area contributed by atoms with Crippen LogP contribution in [0.15, 0.2) is 42.5 Å². The number of hydrogen-bond donors (Lipinski definition) is 0. The lowest BCUT2D eigenvalue weighted by atomic mass is 10.3. The molecule has 0 aromatic heterocycles. The van der Waals surface area contributed by atoms with Crippen LogP contribution >= 0.6 is 0 Å². The SMILES string of the molecule is COc1ccc(OC)c(Oc2ccccc2OC)c1. The quantitative estimate of drug-likeness (QED) is 0.824. The van der Waals surface area contributed by atoms with Crippen molar-refractivity contribution in [2.24, 2.45) is 0 Å². The van der Waals surface area contributed by atoms with E-state index in [1.165, 1.54) is 0 Å².